The Kier molecular flexibility index (Phi) is 2.62. The van der Waals surface area contributed by atoms with Crippen molar-refractivity contribution >= 4 is 34.6 Å². The minimum absolute atomic E-state index is 0.209. The van der Waals surface area contributed by atoms with E-state index in [1.807, 2.05) is 24.3 Å². The van der Waals surface area contributed by atoms with Crippen LogP contribution in [0.2, 0.25) is 0 Å². The van der Waals surface area contributed by atoms with Crippen molar-refractivity contribution in [2.45, 2.75) is 0 Å². The molecule has 2 N–H and O–H groups in total. The second-order valence-electron chi connectivity index (χ2n) is 4.90. The summed E-state index contributed by atoms with van der Waals surface area (Å²) in [5.41, 5.74) is 3.18. The Morgan fingerprint density at radius 2 is 1.05 bits per heavy atom. The summed E-state index contributed by atoms with van der Waals surface area (Å²) in [6.07, 6.45) is 0. The van der Waals surface area contributed by atoms with Crippen LogP contribution in [0.15, 0.2) is 58.7 Å². The molecule has 0 aliphatic carbocycles. The molecule has 0 bridgehead atoms. The summed E-state index contributed by atoms with van der Waals surface area (Å²) in [6.45, 7) is 0. The number of fused-ring (bicyclic) bond motifs is 2. The molecular formula is C16H10N4O2. The highest BCUT2D eigenvalue weighted by Gasteiger charge is 2.28. The summed E-state index contributed by atoms with van der Waals surface area (Å²) in [7, 11) is 0. The predicted octanol–water partition coefficient (Wildman–Crippen LogP) is 1.78. The Balaban J connectivity index is 1.79. The highest BCUT2D eigenvalue weighted by atomic mass is 16.2. The van der Waals surface area contributed by atoms with Crippen molar-refractivity contribution in [1.82, 2.24) is 0 Å². The number of para-hydroxylation sites is 2. The zero-order valence-corrected chi connectivity index (χ0v) is 11.3. The maximum Gasteiger partial charge on any atom is 0.276 e. The van der Waals surface area contributed by atoms with Crippen molar-refractivity contribution in [3.63, 3.8) is 0 Å². The van der Waals surface area contributed by atoms with Crippen LogP contribution in [0.5, 0.6) is 0 Å². The Morgan fingerprint density at radius 1 is 0.636 bits per heavy atom. The van der Waals surface area contributed by atoms with Gasteiger partial charge in [-0.2, -0.15) is 0 Å². The van der Waals surface area contributed by atoms with Crippen molar-refractivity contribution < 1.29 is 9.59 Å². The summed E-state index contributed by atoms with van der Waals surface area (Å²) < 4.78 is 0. The monoisotopic (exact) mass is 290 g/mol. The Morgan fingerprint density at radius 3 is 1.50 bits per heavy atom. The van der Waals surface area contributed by atoms with Gasteiger partial charge in [-0.3, -0.25) is 9.59 Å². The number of hydrogen-bond donors (Lipinski definition) is 2. The molecule has 2 heterocycles. The Labute approximate surface area is 125 Å². The molecule has 0 atom stereocenters. The highest BCUT2D eigenvalue weighted by molar-refractivity contribution is 6.55. The van der Waals surface area contributed by atoms with Gasteiger partial charge in [0.05, 0.1) is 11.4 Å². The smallest absolute Gasteiger partial charge is 0.276 e. The van der Waals surface area contributed by atoms with Gasteiger partial charge < -0.3 is 10.6 Å². The van der Waals surface area contributed by atoms with E-state index >= 15 is 0 Å². The van der Waals surface area contributed by atoms with Crippen LogP contribution >= 0.6 is 0 Å². The molecular weight excluding hydrogens is 280 g/mol. The lowest BCUT2D eigenvalue weighted by Gasteiger charge is -1.95. The van der Waals surface area contributed by atoms with Gasteiger partial charge in [-0.05, 0) is 12.1 Å². The molecule has 2 amide bonds. The maximum absolute atomic E-state index is 12.0. The lowest BCUT2D eigenvalue weighted by molar-refractivity contribution is -0.111. The van der Waals surface area contributed by atoms with Crippen molar-refractivity contribution in [3.05, 3.63) is 59.7 Å². The maximum atomic E-state index is 12.0. The molecule has 6 heteroatoms. The Bertz CT molecular complexity index is 810. The molecule has 0 saturated carbocycles. The fraction of sp³-hybridized carbons (Fsp3) is 0. The van der Waals surface area contributed by atoms with Gasteiger partial charge in [0.2, 0.25) is 0 Å². The van der Waals surface area contributed by atoms with Gasteiger partial charge in [-0.1, -0.05) is 36.4 Å². The third-order valence-electron chi connectivity index (χ3n) is 3.54. The number of carbonyl (C=O) groups excluding carboxylic acids is 2. The van der Waals surface area contributed by atoms with E-state index in [9.17, 15) is 9.59 Å². The molecule has 106 valence electrons. The summed E-state index contributed by atoms with van der Waals surface area (Å²) in [6, 6.07) is 14.5. The predicted molar refractivity (Wildman–Crippen MR) is 83.2 cm³/mol. The zero-order valence-electron chi connectivity index (χ0n) is 11.3. The van der Waals surface area contributed by atoms with E-state index < -0.39 is 0 Å². The van der Waals surface area contributed by atoms with E-state index in [4.69, 9.17) is 0 Å². The average molecular weight is 290 g/mol. The van der Waals surface area contributed by atoms with E-state index in [0.717, 1.165) is 0 Å². The number of hydrogen-bond acceptors (Lipinski definition) is 4. The number of anilines is 2. The lowest BCUT2D eigenvalue weighted by Crippen LogP contribution is -2.16. The molecule has 0 saturated heterocycles. The largest absolute Gasteiger partial charge is 0.320 e. The van der Waals surface area contributed by atoms with Crippen LogP contribution in [-0.2, 0) is 9.59 Å². The molecule has 2 aromatic carbocycles. The number of rotatable bonds is 1. The van der Waals surface area contributed by atoms with Crippen LogP contribution < -0.4 is 10.6 Å². The van der Waals surface area contributed by atoms with Gasteiger partial charge in [-0.25, -0.2) is 0 Å². The molecule has 2 aliphatic rings. The molecule has 0 spiro atoms. The third kappa shape index (κ3) is 1.81. The number of carbonyl (C=O) groups is 2. The standard InChI is InChI=1S/C16H10N4O2/c21-15-13(9-5-1-3-7-11(9)17-15)19-20-14-10-6-2-4-8-12(10)18-16(14)22/h1-8H,(H,17,19,21)(H,18,20,22). The van der Waals surface area contributed by atoms with Crippen LogP contribution in [0, 0.1) is 0 Å². The van der Waals surface area contributed by atoms with E-state index in [2.05, 4.69) is 20.8 Å². The molecule has 6 nitrogen and oxygen atoms in total. The minimum atomic E-state index is -0.322. The van der Waals surface area contributed by atoms with Crippen molar-refractivity contribution in [3.8, 4) is 0 Å². The highest BCUT2D eigenvalue weighted by Crippen LogP contribution is 2.25. The van der Waals surface area contributed by atoms with Gasteiger partial charge in [-0.15, -0.1) is 10.2 Å². The summed E-state index contributed by atoms with van der Waals surface area (Å²) in [5.74, 6) is -0.644. The van der Waals surface area contributed by atoms with E-state index in [0.29, 0.717) is 22.5 Å². The molecule has 0 radical (unpaired) electrons. The van der Waals surface area contributed by atoms with Crippen LogP contribution in [0.25, 0.3) is 0 Å². The molecule has 0 unspecified atom stereocenters. The van der Waals surface area contributed by atoms with Gasteiger partial charge in [0.25, 0.3) is 11.8 Å². The average Bonchev–Trinajstić information content (AvgIpc) is 3.01. The van der Waals surface area contributed by atoms with Crippen molar-refractivity contribution in [2.24, 2.45) is 10.2 Å². The van der Waals surface area contributed by atoms with Crippen molar-refractivity contribution in [1.29, 1.82) is 0 Å². The molecule has 4 rings (SSSR count). The molecule has 22 heavy (non-hydrogen) atoms. The fourth-order valence-corrected chi connectivity index (χ4v) is 2.50. The fourth-order valence-electron chi connectivity index (χ4n) is 2.50. The zero-order chi connectivity index (χ0) is 15.1. The first kappa shape index (κ1) is 12.5. The van der Waals surface area contributed by atoms with Crippen molar-refractivity contribution in [2.75, 3.05) is 10.6 Å². The number of amides is 2. The van der Waals surface area contributed by atoms with Crippen LogP contribution in [-0.4, -0.2) is 23.2 Å². The summed E-state index contributed by atoms with van der Waals surface area (Å²) >= 11 is 0. The SMILES string of the molecule is O=C1Nc2ccccc2C1=N/N=C1\C(=O)Nc2ccccc21. The second kappa shape index (κ2) is 4.63. The number of nitrogens with zero attached hydrogens (tertiary/aromatic N) is 2. The molecule has 2 aliphatic heterocycles. The minimum Gasteiger partial charge on any atom is -0.320 e. The Hall–Kier alpha value is -3.28. The topological polar surface area (TPSA) is 82.9 Å². The van der Waals surface area contributed by atoms with E-state index in [1.165, 1.54) is 0 Å². The van der Waals surface area contributed by atoms with Gasteiger partial charge in [0.1, 0.15) is 0 Å². The first-order valence-corrected chi connectivity index (χ1v) is 6.71. The summed E-state index contributed by atoms with van der Waals surface area (Å²) in [5, 5.41) is 13.4. The molecule has 0 fully saturated rings. The van der Waals surface area contributed by atoms with Crippen LogP contribution in [0.4, 0.5) is 11.4 Å². The second-order valence-corrected chi connectivity index (χ2v) is 4.90. The number of nitrogens with one attached hydrogen (secondary N) is 2. The molecule has 2 aromatic rings. The lowest BCUT2D eigenvalue weighted by atomic mass is 10.1. The number of benzene rings is 2. The van der Waals surface area contributed by atoms with E-state index in [1.54, 1.807) is 24.3 Å². The van der Waals surface area contributed by atoms with Gasteiger partial charge in [0, 0.05) is 11.1 Å². The third-order valence-corrected chi connectivity index (χ3v) is 3.54. The normalized spacial score (nSPS) is 19.1. The van der Waals surface area contributed by atoms with E-state index in [-0.39, 0.29) is 23.2 Å². The summed E-state index contributed by atoms with van der Waals surface area (Å²) in [4.78, 5) is 23.9. The van der Waals surface area contributed by atoms with Gasteiger partial charge >= 0.3 is 0 Å². The van der Waals surface area contributed by atoms with Crippen LogP contribution in [0.3, 0.4) is 0 Å². The van der Waals surface area contributed by atoms with Crippen LogP contribution in [0.1, 0.15) is 11.1 Å². The van der Waals surface area contributed by atoms with Gasteiger partial charge in [0.15, 0.2) is 11.4 Å². The quantitative estimate of drug-likeness (QED) is 0.785. The first-order chi connectivity index (χ1) is 10.7. The first-order valence-electron chi connectivity index (χ1n) is 6.71. The molecule has 0 aromatic heterocycles.